The van der Waals surface area contributed by atoms with Crippen LogP contribution in [0.15, 0.2) is 29.2 Å². The monoisotopic (exact) mass is 195 g/mol. The van der Waals surface area contributed by atoms with Crippen LogP contribution in [-0.2, 0) is 0 Å². The lowest BCUT2D eigenvalue weighted by molar-refractivity contribution is 0.0940. The van der Waals surface area contributed by atoms with E-state index < -0.39 is 0 Å². The van der Waals surface area contributed by atoms with Crippen molar-refractivity contribution in [2.45, 2.75) is 24.8 Å². The molecule has 2 nitrogen and oxygen atoms in total. The van der Waals surface area contributed by atoms with Crippen LogP contribution in [0.25, 0.3) is 0 Å². The molecule has 0 aromatic heterocycles. The Bertz CT molecular complexity index is 310. The molecule has 1 aromatic rings. The fourth-order valence-corrected chi connectivity index (χ4v) is 1.27. The zero-order chi connectivity index (χ0) is 9.84. The van der Waals surface area contributed by atoms with Gasteiger partial charge < -0.3 is 5.32 Å². The SMILES string of the molecule is CC(C)NC(=O)c1ccccc1S. The van der Waals surface area contributed by atoms with Crippen molar-refractivity contribution >= 4 is 18.5 Å². The van der Waals surface area contributed by atoms with E-state index in [-0.39, 0.29) is 11.9 Å². The second-order valence-corrected chi connectivity index (χ2v) is 3.63. The normalized spacial score (nSPS) is 10.2. The molecule has 0 saturated heterocycles. The topological polar surface area (TPSA) is 29.1 Å². The third kappa shape index (κ3) is 2.77. The lowest BCUT2D eigenvalue weighted by Crippen LogP contribution is -2.30. The second-order valence-electron chi connectivity index (χ2n) is 3.15. The molecule has 0 aliphatic rings. The Hall–Kier alpha value is -0.960. The Balaban J connectivity index is 2.83. The summed E-state index contributed by atoms with van der Waals surface area (Å²) in [6.45, 7) is 3.86. The molecular weight excluding hydrogens is 182 g/mol. The summed E-state index contributed by atoms with van der Waals surface area (Å²) in [5.74, 6) is -0.0689. The van der Waals surface area contributed by atoms with Gasteiger partial charge in [-0.15, -0.1) is 12.6 Å². The first-order valence-electron chi connectivity index (χ1n) is 4.20. The van der Waals surface area contributed by atoms with Crippen molar-refractivity contribution in [3.63, 3.8) is 0 Å². The number of carbonyl (C=O) groups excluding carboxylic acids is 1. The summed E-state index contributed by atoms with van der Waals surface area (Å²) in [7, 11) is 0. The molecule has 0 fully saturated rings. The lowest BCUT2D eigenvalue weighted by Gasteiger charge is -2.09. The van der Waals surface area contributed by atoms with E-state index in [1.54, 1.807) is 12.1 Å². The van der Waals surface area contributed by atoms with E-state index in [4.69, 9.17) is 0 Å². The molecule has 0 aliphatic carbocycles. The predicted molar refractivity (Wildman–Crippen MR) is 56.3 cm³/mol. The zero-order valence-electron chi connectivity index (χ0n) is 7.74. The standard InChI is InChI=1S/C10H13NOS/c1-7(2)11-10(12)8-5-3-4-6-9(8)13/h3-7,13H,1-2H3,(H,11,12). The maximum atomic E-state index is 11.5. The quantitative estimate of drug-likeness (QED) is 0.695. The highest BCUT2D eigenvalue weighted by Crippen LogP contribution is 2.12. The van der Waals surface area contributed by atoms with Crippen LogP contribution in [0.2, 0.25) is 0 Å². The van der Waals surface area contributed by atoms with Crippen LogP contribution in [0.1, 0.15) is 24.2 Å². The van der Waals surface area contributed by atoms with Gasteiger partial charge in [0.25, 0.3) is 5.91 Å². The molecule has 0 heterocycles. The average Bonchev–Trinajstić information content (AvgIpc) is 2.03. The Morgan fingerprint density at radius 2 is 2.00 bits per heavy atom. The van der Waals surface area contributed by atoms with Crippen molar-refractivity contribution in [1.82, 2.24) is 5.32 Å². The number of rotatable bonds is 2. The molecule has 0 radical (unpaired) electrons. The summed E-state index contributed by atoms with van der Waals surface area (Å²) in [5, 5.41) is 2.81. The van der Waals surface area contributed by atoms with Crippen LogP contribution >= 0.6 is 12.6 Å². The summed E-state index contributed by atoms with van der Waals surface area (Å²) in [6.07, 6.45) is 0. The van der Waals surface area contributed by atoms with Crippen molar-refractivity contribution < 1.29 is 4.79 Å². The summed E-state index contributed by atoms with van der Waals surface area (Å²) in [4.78, 5) is 12.2. The van der Waals surface area contributed by atoms with Gasteiger partial charge in [0.15, 0.2) is 0 Å². The van der Waals surface area contributed by atoms with Crippen LogP contribution in [0.3, 0.4) is 0 Å². The van der Waals surface area contributed by atoms with Crippen LogP contribution in [-0.4, -0.2) is 11.9 Å². The van der Waals surface area contributed by atoms with Gasteiger partial charge in [0.05, 0.1) is 5.56 Å². The van der Waals surface area contributed by atoms with Gasteiger partial charge in [0, 0.05) is 10.9 Å². The van der Waals surface area contributed by atoms with E-state index >= 15 is 0 Å². The molecule has 3 heteroatoms. The van der Waals surface area contributed by atoms with Gasteiger partial charge in [-0.25, -0.2) is 0 Å². The van der Waals surface area contributed by atoms with Gasteiger partial charge >= 0.3 is 0 Å². The van der Waals surface area contributed by atoms with E-state index in [1.165, 1.54) is 0 Å². The van der Waals surface area contributed by atoms with E-state index in [2.05, 4.69) is 17.9 Å². The Morgan fingerprint density at radius 1 is 1.38 bits per heavy atom. The average molecular weight is 195 g/mol. The number of amides is 1. The lowest BCUT2D eigenvalue weighted by atomic mass is 10.2. The number of thiol groups is 1. The van der Waals surface area contributed by atoms with Crippen molar-refractivity contribution in [1.29, 1.82) is 0 Å². The first-order chi connectivity index (χ1) is 6.11. The number of hydrogen-bond donors (Lipinski definition) is 2. The van der Waals surface area contributed by atoms with E-state index in [9.17, 15) is 4.79 Å². The van der Waals surface area contributed by atoms with E-state index in [1.807, 2.05) is 26.0 Å². The molecule has 0 spiro atoms. The maximum absolute atomic E-state index is 11.5. The van der Waals surface area contributed by atoms with Crippen LogP contribution in [0, 0.1) is 0 Å². The molecule has 13 heavy (non-hydrogen) atoms. The Morgan fingerprint density at radius 3 is 2.54 bits per heavy atom. The first-order valence-corrected chi connectivity index (χ1v) is 4.65. The van der Waals surface area contributed by atoms with Gasteiger partial charge in [0.1, 0.15) is 0 Å². The third-order valence-corrected chi connectivity index (χ3v) is 1.96. The van der Waals surface area contributed by atoms with Crippen molar-refractivity contribution in [2.24, 2.45) is 0 Å². The highest BCUT2D eigenvalue weighted by molar-refractivity contribution is 7.80. The molecular formula is C10H13NOS. The highest BCUT2D eigenvalue weighted by atomic mass is 32.1. The molecule has 1 amide bonds. The molecule has 0 unspecified atom stereocenters. The smallest absolute Gasteiger partial charge is 0.252 e. The highest BCUT2D eigenvalue weighted by Gasteiger charge is 2.08. The van der Waals surface area contributed by atoms with Crippen molar-refractivity contribution in [3.05, 3.63) is 29.8 Å². The number of nitrogens with one attached hydrogen (secondary N) is 1. The number of carbonyl (C=O) groups is 1. The fourth-order valence-electron chi connectivity index (χ4n) is 1.01. The van der Waals surface area contributed by atoms with Crippen molar-refractivity contribution in [3.8, 4) is 0 Å². The van der Waals surface area contributed by atoms with Gasteiger partial charge in [-0.2, -0.15) is 0 Å². The van der Waals surface area contributed by atoms with E-state index in [0.717, 1.165) is 0 Å². The third-order valence-electron chi connectivity index (χ3n) is 1.57. The summed E-state index contributed by atoms with van der Waals surface area (Å²) < 4.78 is 0. The van der Waals surface area contributed by atoms with E-state index in [0.29, 0.717) is 10.5 Å². The van der Waals surface area contributed by atoms with Gasteiger partial charge in [-0.05, 0) is 26.0 Å². The number of benzene rings is 1. The zero-order valence-corrected chi connectivity index (χ0v) is 8.64. The summed E-state index contributed by atoms with van der Waals surface area (Å²) in [5.41, 5.74) is 0.625. The van der Waals surface area contributed by atoms with Crippen LogP contribution < -0.4 is 5.32 Å². The Kier molecular flexibility index (Phi) is 3.37. The molecule has 0 atom stereocenters. The summed E-state index contributed by atoms with van der Waals surface area (Å²) >= 11 is 4.20. The molecule has 0 saturated carbocycles. The number of hydrogen-bond acceptors (Lipinski definition) is 2. The predicted octanol–water partition coefficient (Wildman–Crippen LogP) is 2.11. The summed E-state index contributed by atoms with van der Waals surface area (Å²) in [6, 6.07) is 7.41. The molecule has 70 valence electrons. The molecule has 1 N–H and O–H groups in total. The largest absolute Gasteiger partial charge is 0.350 e. The molecule has 1 aromatic carbocycles. The van der Waals surface area contributed by atoms with Crippen LogP contribution in [0.4, 0.5) is 0 Å². The minimum absolute atomic E-state index is 0.0689. The molecule has 0 aliphatic heterocycles. The maximum Gasteiger partial charge on any atom is 0.252 e. The van der Waals surface area contributed by atoms with Gasteiger partial charge in [0.2, 0.25) is 0 Å². The van der Waals surface area contributed by atoms with Gasteiger partial charge in [-0.1, -0.05) is 12.1 Å². The Labute approximate surface area is 83.8 Å². The molecule has 1 rings (SSSR count). The van der Waals surface area contributed by atoms with Gasteiger partial charge in [-0.3, -0.25) is 4.79 Å². The minimum atomic E-state index is -0.0689. The molecule has 0 bridgehead atoms. The minimum Gasteiger partial charge on any atom is -0.350 e. The second kappa shape index (κ2) is 4.33. The van der Waals surface area contributed by atoms with Crippen LogP contribution in [0.5, 0.6) is 0 Å². The first kappa shape index (κ1) is 10.1. The fraction of sp³-hybridized carbons (Fsp3) is 0.300. The van der Waals surface area contributed by atoms with Crippen molar-refractivity contribution in [2.75, 3.05) is 0 Å².